The summed E-state index contributed by atoms with van der Waals surface area (Å²) < 4.78 is 0. The maximum Gasteiger partial charge on any atom is 0.248 e. The van der Waals surface area contributed by atoms with E-state index >= 15 is 0 Å². The molecular weight excluding hydrogens is 222 g/mol. The van der Waals surface area contributed by atoms with Crippen molar-refractivity contribution in [2.45, 2.75) is 6.92 Å². The molecule has 1 aromatic heterocycles. The Bertz CT molecular complexity index is 757. The summed E-state index contributed by atoms with van der Waals surface area (Å²) in [6, 6.07) is 17.7. The fourth-order valence-electron chi connectivity index (χ4n) is 2.26. The lowest BCUT2D eigenvalue weighted by molar-refractivity contribution is 1.30. The molecule has 0 radical (unpaired) electrons. The molecular formula is C16H13NO. The first-order valence-electron chi connectivity index (χ1n) is 5.93. The number of rotatable bonds is 1. The highest BCUT2D eigenvalue weighted by Crippen LogP contribution is 2.27. The Morgan fingerprint density at radius 2 is 1.72 bits per heavy atom. The SMILES string of the molecule is Cc1cc(-c2ccccc2)c2[nH]c(=O)ccc2c1. The Kier molecular flexibility index (Phi) is 2.49. The molecule has 3 rings (SSSR count). The molecule has 0 unspecified atom stereocenters. The predicted molar refractivity (Wildman–Crippen MR) is 74.7 cm³/mol. The van der Waals surface area contributed by atoms with Crippen molar-refractivity contribution in [3.8, 4) is 11.1 Å². The van der Waals surface area contributed by atoms with Crippen molar-refractivity contribution in [3.63, 3.8) is 0 Å². The third kappa shape index (κ3) is 1.82. The van der Waals surface area contributed by atoms with E-state index in [2.05, 4.69) is 36.2 Å². The van der Waals surface area contributed by atoms with E-state index in [-0.39, 0.29) is 5.56 Å². The lowest BCUT2D eigenvalue weighted by Crippen LogP contribution is -2.03. The van der Waals surface area contributed by atoms with Gasteiger partial charge in [-0.3, -0.25) is 4.79 Å². The lowest BCUT2D eigenvalue weighted by atomic mass is 9.99. The normalized spacial score (nSPS) is 10.7. The molecule has 2 nitrogen and oxygen atoms in total. The van der Waals surface area contributed by atoms with Gasteiger partial charge in [-0.1, -0.05) is 30.3 Å². The van der Waals surface area contributed by atoms with E-state index in [1.54, 1.807) is 6.07 Å². The molecule has 0 amide bonds. The van der Waals surface area contributed by atoms with Crippen molar-refractivity contribution in [2.75, 3.05) is 0 Å². The van der Waals surface area contributed by atoms with Crippen LogP contribution in [0.1, 0.15) is 5.56 Å². The van der Waals surface area contributed by atoms with Crippen LogP contribution in [0.2, 0.25) is 0 Å². The summed E-state index contributed by atoms with van der Waals surface area (Å²) >= 11 is 0. The minimum Gasteiger partial charge on any atom is -0.321 e. The fourth-order valence-corrected chi connectivity index (χ4v) is 2.26. The number of aromatic amines is 1. The van der Waals surface area contributed by atoms with Crippen LogP contribution >= 0.6 is 0 Å². The summed E-state index contributed by atoms with van der Waals surface area (Å²) in [7, 11) is 0. The Morgan fingerprint density at radius 3 is 2.50 bits per heavy atom. The third-order valence-corrected chi connectivity index (χ3v) is 3.06. The molecule has 1 heterocycles. The molecule has 0 bridgehead atoms. The number of benzene rings is 2. The number of pyridine rings is 1. The summed E-state index contributed by atoms with van der Waals surface area (Å²) in [5.74, 6) is 0. The van der Waals surface area contributed by atoms with Crippen LogP contribution in [0, 0.1) is 6.92 Å². The number of hydrogen-bond donors (Lipinski definition) is 1. The highest BCUT2D eigenvalue weighted by atomic mass is 16.1. The van der Waals surface area contributed by atoms with Gasteiger partial charge >= 0.3 is 0 Å². The van der Waals surface area contributed by atoms with Crippen LogP contribution in [0.25, 0.3) is 22.0 Å². The summed E-state index contributed by atoms with van der Waals surface area (Å²) in [6.07, 6.45) is 0. The lowest BCUT2D eigenvalue weighted by Gasteiger charge is -2.08. The van der Waals surface area contributed by atoms with Crippen LogP contribution in [0.5, 0.6) is 0 Å². The highest BCUT2D eigenvalue weighted by molar-refractivity contribution is 5.94. The molecule has 88 valence electrons. The molecule has 0 aliphatic carbocycles. The summed E-state index contributed by atoms with van der Waals surface area (Å²) in [4.78, 5) is 14.4. The molecule has 0 atom stereocenters. The van der Waals surface area contributed by atoms with Crippen LogP contribution in [0.4, 0.5) is 0 Å². The second-order valence-corrected chi connectivity index (χ2v) is 4.47. The first-order valence-corrected chi connectivity index (χ1v) is 5.93. The van der Waals surface area contributed by atoms with Gasteiger partial charge in [0.15, 0.2) is 0 Å². The standard InChI is InChI=1S/C16H13NO/c1-11-9-13-7-8-15(18)17-16(13)14(10-11)12-5-3-2-4-6-12/h2-10H,1H3,(H,17,18). The Morgan fingerprint density at radius 1 is 0.944 bits per heavy atom. The van der Waals surface area contributed by atoms with Crippen LogP contribution < -0.4 is 5.56 Å². The number of aryl methyl sites for hydroxylation is 1. The van der Waals surface area contributed by atoms with E-state index < -0.39 is 0 Å². The summed E-state index contributed by atoms with van der Waals surface area (Å²) in [6.45, 7) is 2.07. The second kappa shape index (κ2) is 4.15. The second-order valence-electron chi connectivity index (χ2n) is 4.47. The quantitative estimate of drug-likeness (QED) is 0.688. The predicted octanol–water partition coefficient (Wildman–Crippen LogP) is 3.50. The smallest absolute Gasteiger partial charge is 0.248 e. The van der Waals surface area contributed by atoms with Gasteiger partial charge in [-0.25, -0.2) is 0 Å². The number of nitrogens with one attached hydrogen (secondary N) is 1. The zero-order valence-electron chi connectivity index (χ0n) is 10.1. The average Bonchev–Trinajstić information content (AvgIpc) is 2.39. The number of hydrogen-bond acceptors (Lipinski definition) is 1. The first-order chi connectivity index (χ1) is 8.74. The molecule has 2 aromatic carbocycles. The van der Waals surface area contributed by atoms with Crippen molar-refractivity contribution in [3.05, 3.63) is 70.5 Å². The van der Waals surface area contributed by atoms with Crippen molar-refractivity contribution in [1.82, 2.24) is 4.98 Å². The zero-order valence-corrected chi connectivity index (χ0v) is 10.1. The van der Waals surface area contributed by atoms with Gasteiger partial charge in [0.25, 0.3) is 0 Å². The summed E-state index contributed by atoms with van der Waals surface area (Å²) in [5, 5.41) is 1.06. The molecule has 0 fully saturated rings. The molecule has 0 spiro atoms. The maximum absolute atomic E-state index is 11.5. The molecule has 2 heteroatoms. The van der Waals surface area contributed by atoms with Gasteiger partial charge in [0, 0.05) is 11.6 Å². The van der Waals surface area contributed by atoms with Gasteiger partial charge in [0.1, 0.15) is 0 Å². The maximum atomic E-state index is 11.5. The van der Waals surface area contributed by atoms with Crippen LogP contribution in [0.3, 0.4) is 0 Å². The van der Waals surface area contributed by atoms with Gasteiger partial charge in [-0.15, -0.1) is 0 Å². The minimum absolute atomic E-state index is 0.0662. The number of fused-ring (bicyclic) bond motifs is 1. The Hall–Kier alpha value is -2.35. The van der Waals surface area contributed by atoms with Crippen molar-refractivity contribution in [1.29, 1.82) is 0 Å². The van der Waals surface area contributed by atoms with E-state index in [1.807, 2.05) is 24.3 Å². The largest absolute Gasteiger partial charge is 0.321 e. The molecule has 0 saturated heterocycles. The molecule has 0 aliphatic rings. The molecule has 1 N–H and O–H groups in total. The molecule has 0 aliphatic heterocycles. The topological polar surface area (TPSA) is 32.9 Å². The fraction of sp³-hybridized carbons (Fsp3) is 0.0625. The van der Waals surface area contributed by atoms with Gasteiger partial charge in [-0.05, 0) is 41.6 Å². The van der Waals surface area contributed by atoms with Crippen molar-refractivity contribution >= 4 is 10.9 Å². The first kappa shape index (κ1) is 10.8. The van der Waals surface area contributed by atoms with Crippen LogP contribution in [0.15, 0.2) is 59.4 Å². The monoisotopic (exact) mass is 235 g/mol. The van der Waals surface area contributed by atoms with E-state index in [1.165, 1.54) is 5.56 Å². The molecule has 18 heavy (non-hydrogen) atoms. The van der Waals surface area contributed by atoms with E-state index in [0.717, 1.165) is 22.0 Å². The van der Waals surface area contributed by atoms with Crippen molar-refractivity contribution < 1.29 is 0 Å². The average molecular weight is 235 g/mol. The van der Waals surface area contributed by atoms with Crippen molar-refractivity contribution in [2.24, 2.45) is 0 Å². The third-order valence-electron chi connectivity index (χ3n) is 3.06. The van der Waals surface area contributed by atoms with Crippen LogP contribution in [-0.2, 0) is 0 Å². The Balaban J connectivity index is 2.41. The highest BCUT2D eigenvalue weighted by Gasteiger charge is 2.05. The number of H-pyrrole nitrogens is 1. The van der Waals surface area contributed by atoms with Gasteiger partial charge in [-0.2, -0.15) is 0 Å². The minimum atomic E-state index is -0.0662. The van der Waals surface area contributed by atoms with E-state index in [9.17, 15) is 4.79 Å². The van der Waals surface area contributed by atoms with Gasteiger partial charge in [0.05, 0.1) is 5.52 Å². The molecule has 0 saturated carbocycles. The number of aromatic nitrogens is 1. The van der Waals surface area contributed by atoms with Gasteiger partial charge in [0.2, 0.25) is 5.56 Å². The molecule has 3 aromatic rings. The van der Waals surface area contributed by atoms with E-state index in [4.69, 9.17) is 0 Å². The van der Waals surface area contributed by atoms with Crippen LogP contribution in [-0.4, -0.2) is 4.98 Å². The summed E-state index contributed by atoms with van der Waals surface area (Å²) in [5.41, 5.74) is 4.22. The Labute approximate surface area is 105 Å². The van der Waals surface area contributed by atoms with E-state index in [0.29, 0.717) is 0 Å². The van der Waals surface area contributed by atoms with Gasteiger partial charge < -0.3 is 4.98 Å². The zero-order chi connectivity index (χ0) is 12.5.